The van der Waals surface area contributed by atoms with Crippen molar-refractivity contribution in [3.63, 3.8) is 0 Å². The van der Waals surface area contributed by atoms with Crippen molar-refractivity contribution in [2.75, 3.05) is 6.61 Å². The van der Waals surface area contributed by atoms with Gasteiger partial charge in [-0.2, -0.15) is 0 Å². The molecule has 0 aromatic heterocycles. The minimum absolute atomic E-state index is 0.126. The fourth-order valence-electron chi connectivity index (χ4n) is 2.72. The van der Waals surface area contributed by atoms with Gasteiger partial charge in [0.25, 0.3) is 0 Å². The van der Waals surface area contributed by atoms with E-state index in [1.807, 2.05) is 0 Å². The van der Waals surface area contributed by atoms with E-state index in [1.54, 1.807) is 0 Å². The summed E-state index contributed by atoms with van der Waals surface area (Å²) >= 11 is 0. The van der Waals surface area contributed by atoms with Crippen LogP contribution in [0.1, 0.15) is 40.0 Å². The van der Waals surface area contributed by atoms with Gasteiger partial charge in [-0.3, -0.25) is 0 Å². The van der Waals surface area contributed by atoms with Gasteiger partial charge in [0, 0.05) is 6.07 Å². The first-order chi connectivity index (χ1) is 8.90. The molecule has 1 aromatic rings. The quantitative estimate of drug-likeness (QED) is 0.709. The maximum absolute atomic E-state index is 13.1. The smallest absolute Gasteiger partial charge is 0.162 e. The Morgan fingerprint density at radius 2 is 1.95 bits per heavy atom. The molecule has 0 N–H and O–H groups in total. The zero-order valence-corrected chi connectivity index (χ0v) is 11.7. The van der Waals surface area contributed by atoms with Crippen LogP contribution in [0, 0.1) is 17.0 Å². The average molecular weight is 266 g/mol. The van der Waals surface area contributed by atoms with Gasteiger partial charge in [-0.05, 0) is 49.3 Å². The van der Waals surface area contributed by atoms with Crippen LogP contribution < -0.4 is 4.74 Å². The lowest BCUT2D eigenvalue weighted by Crippen LogP contribution is -2.24. The van der Waals surface area contributed by atoms with Crippen LogP contribution in [0.3, 0.4) is 0 Å². The lowest BCUT2D eigenvalue weighted by molar-refractivity contribution is 0.276. The molecule has 1 nitrogen and oxygen atoms in total. The first-order valence-corrected chi connectivity index (χ1v) is 6.67. The Balaban J connectivity index is 2.11. The second kappa shape index (κ2) is 5.32. The molecule has 0 bridgehead atoms. The fourth-order valence-corrected chi connectivity index (χ4v) is 2.72. The van der Waals surface area contributed by atoms with Crippen LogP contribution in [0.2, 0.25) is 0 Å². The first kappa shape index (κ1) is 14.0. The standard InChI is InChI=1S/C16H20F2O/c1-11-5-4-8-16(2,3)13(11)10-19-12-6-7-14(17)15(18)9-12/h6-7,9H,4-5,8,10H2,1-3H3. The Morgan fingerprint density at radius 1 is 1.21 bits per heavy atom. The molecule has 1 aliphatic carbocycles. The van der Waals surface area contributed by atoms with Gasteiger partial charge >= 0.3 is 0 Å². The molecule has 2 rings (SSSR count). The van der Waals surface area contributed by atoms with Crippen LogP contribution >= 0.6 is 0 Å². The Labute approximate surface area is 113 Å². The van der Waals surface area contributed by atoms with Gasteiger partial charge in [-0.1, -0.05) is 19.4 Å². The van der Waals surface area contributed by atoms with E-state index < -0.39 is 11.6 Å². The fraction of sp³-hybridized carbons (Fsp3) is 0.500. The molecule has 3 heteroatoms. The Hall–Kier alpha value is -1.38. The van der Waals surface area contributed by atoms with E-state index in [0.29, 0.717) is 12.4 Å². The Bertz CT molecular complexity index is 503. The SMILES string of the molecule is CC1=C(COc2ccc(F)c(F)c2)C(C)(C)CCC1. The largest absolute Gasteiger partial charge is 0.489 e. The van der Waals surface area contributed by atoms with Crippen LogP contribution in [0.25, 0.3) is 0 Å². The van der Waals surface area contributed by atoms with Gasteiger partial charge in [0.15, 0.2) is 11.6 Å². The molecular formula is C16H20F2O. The first-order valence-electron chi connectivity index (χ1n) is 6.67. The van der Waals surface area contributed by atoms with Gasteiger partial charge in [-0.15, -0.1) is 0 Å². The van der Waals surface area contributed by atoms with Crippen molar-refractivity contribution in [1.82, 2.24) is 0 Å². The second-order valence-corrected chi connectivity index (χ2v) is 5.86. The number of hydrogen-bond donors (Lipinski definition) is 0. The summed E-state index contributed by atoms with van der Waals surface area (Å²) in [6.45, 7) is 6.99. The van der Waals surface area contributed by atoms with Crippen molar-refractivity contribution >= 4 is 0 Å². The van der Waals surface area contributed by atoms with Crippen molar-refractivity contribution in [2.24, 2.45) is 5.41 Å². The monoisotopic (exact) mass is 266 g/mol. The average Bonchev–Trinajstić information content (AvgIpc) is 2.32. The maximum atomic E-state index is 13.1. The number of allylic oxidation sites excluding steroid dienone is 1. The number of benzene rings is 1. The highest BCUT2D eigenvalue weighted by molar-refractivity contribution is 5.27. The summed E-state index contributed by atoms with van der Waals surface area (Å²) in [5.41, 5.74) is 2.77. The number of hydrogen-bond acceptors (Lipinski definition) is 1. The van der Waals surface area contributed by atoms with E-state index in [-0.39, 0.29) is 5.41 Å². The van der Waals surface area contributed by atoms with Crippen LogP contribution in [-0.2, 0) is 0 Å². The summed E-state index contributed by atoms with van der Waals surface area (Å²) in [6.07, 6.45) is 3.44. The van der Waals surface area contributed by atoms with Crippen LogP contribution in [-0.4, -0.2) is 6.61 Å². The molecule has 0 atom stereocenters. The van der Waals surface area contributed by atoms with Gasteiger partial charge < -0.3 is 4.74 Å². The van der Waals surface area contributed by atoms with Crippen molar-refractivity contribution < 1.29 is 13.5 Å². The van der Waals surface area contributed by atoms with Gasteiger partial charge in [0.2, 0.25) is 0 Å². The summed E-state index contributed by atoms with van der Waals surface area (Å²) in [4.78, 5) is 0. The molecule has 104 valence electrons. The molecule has 0 radical (unpaired) electrons. The minimum Gasteiger partial charge on any atom is -0.489 e. The van der Waals surface area contributed by atoms with Gasteiger partial charge in [0.1, 0.15) is 12.4 Å². The van der Waals surface area contributed by atoms with E-state index in [2.05, 4.69) is 20.8 Å². The molecule has 0 spiro atoms. The molecule has 1 aliphatic rings. The van der Waals surface area contributed by atoms with E-state index >= 15 is 0 Å². The molecule has 0 fully saturated rings. The summed E-state index contributed by atoms with van der Waals surface area (Å²) in [5, 5.41) is 0. The van der Waals surface area contributed by atoms with Crippen molar-refractivity contribution in [1.29, 1.82) is 0 Å². The zero-order chi connectivity index (χ0) is 14.0. The predicted molar refractivity (Wildman–Crippen MR) is 72.2 cm³/mol. The third-order valence-electron chi connectivity index (χ3n) is 3.96. The topological polar surface area (TPSA) is 9.23 Å². The lowest BCUT2D eigenvalue weighted by atomic mass is 9.73. The summed E-state index contributed by atoms with van der Waals surface area (Å²) < 4.78 is 31.6. The highest BCUT2D eigenvalue weighted by Gasteiger charge is 2.28. The highest BCUT2D eigenvalue weighted by Crippen LogP contribution is 2.40. The molecule has 0 aliphatic heterocycles. The number of rotatable bonds is 3. The third-order valence-corrected chi connectivity index (χ3v) is 3.96. The third kappa shape index (κ3) is 3.14. The normalized spacial score (nSPS) is 18.6. The minimum atomic E-state index is -0.869. The Kier molecular flexibility index (Phi) is 3.93. The lowest BCUT2D eigenvalue weighted by Gasteiger charge is -2.34. The van der Waals surface area contributed by atoms with E-state index in [4.69, 9.17) is 4.74 Å². The number of ether oxygens (including phenoxy) is 1. The second-order valence-electron chi connectivity index (χ2n) is 5.86. The molecule has 1 aromatic carbocycles. The summed E-state index contributed by atoms with van der Waals surface area (Å²) in [6, 6.07) is 3.66. The van der Waals surface area contributed by atoms with Crippen LogP contribution in [0.4, 0.5) is 8.78 Å². The predicted octanol–water partition coefficient (Wildman–Crippen LogP) is 4.87. The van der Waals surface area contributed by atoms with E-state index in [0.717, 1.165) is 25.0 Å². The Morgan fingerprint density at radius 3 is 2.58 bits per heavy atom. The van der Waals surface area contributed by atoms with Crippen molar-refractivity contribution in [2.45, 2.75) is 40.0 Å². The maximum Gasteiger partial charge on any atom is 0.162 e. The van der Waals surface area contributed by atoms with Crippen molar-refractivity contribution in [3.8, 4) is 5.75 Å². The molecular weight excluding hydrogens is 246 g/mol. The van der Waals surface area contributed by atoms with Crippen LogP contribution in [0.5, 0.6) is 5.75 Å². The molecule has 0 unspecified atom stereocenters. The van der Waals surface area contributed by atoms with E-state index in [9.17, 15) is 8.78 Å². The highest BCUT2D eigenvalue weighted by atomic mass is 19.2. The zero-order valence-electron chi connectivity index (χ0n) is 11.7. The molecule has 0 heterocycles. The van der Waals surface area contributed by atoms with Gasteiger partial charge in [-0.25, -0.2) is 8.78 Å². The number of halogens is 2. The molecule has 0 saturated heterocycles. The summed E-state index contributed by atoms with van der Waals surface area (Å²) in [5.74, 6) is -1.34. The molecule has 0 saturated carbocycles. The molecule has 0 amide bonds. The van der Waals surface area contributed by atoms with Gasteiger partial charge in [0.05, 0.1) is 0 Å². The van der Waals surface area contributed by atoms with Crippen molar-refractivity contribution in [3.05, 3.63) is 41.0 Å². The summed E-state index contributed by atoms with van der Waals surface area (Å²) in [7, 11) is 0. The molecule has 19 heavy (non-hydrogen) atoms. The van der Waals surface area contributed by atoms with E-state index in [1.165, 1.54) is 23.6 Å². The van der Waals surface area contributed by atoms with Crippen LogP contribution in [0.15, 0.2) is 29.3 Å².